The number of aromatic nitrogens is 2. The zero-order valence-corrected chi connectivity index (χ0v) is 13.5. The first kappa shape index (κ1) is 16.2. The van der Waals surface area contributed by atoms with Gasteiger partial charge in [-0.15, -0.1) is 0 Å². The summed E-state index contributed by atoms with van der Waals surface area (Å²) >= 11 is 3.35. The lowest BCUT2D eigenvalue weighted by atomic mass is 10.4. The van der Waals surface area contributed by atoms with E-state index >= 15 is 0 Å². The minimum absolute atomic E-state index is 0.0744. The van der Waals surface area contributed by atoms with Gasteiger partial charge in [0.1, 0.15) is 4.47 Å². The predicted molar refractivity (Wildman–Crippen MR) is 82.8 cm³/mol. The number of rotatable bonds is 8. The third-order valence-corrected chi connectivity index (χ3v) is 3.82. The van der Waals surface area contributed by atoms with Gasteiger partial charge in [0.2, 0.25) is 0 Å². The van der Waals surface area contributed by atoms with Gasteiger partial charge in [-0.05, 0) is 35.4 Å². The van der Waals surface area contributed by atoms with E-state index in [0.29, 0.717) is 11.0 Å². The van der Waals surface area contributed by atoms with Crippen molar-refractivity contribution in [2.75, 3.05) is 31.5 Å². The van der Waals surface area contributed by atoms with Crippen LogP contribution in [0, 0.1) is 0 Å². The third-order valence-electron chi connectivity index (χ3n) is 3.06. The summed E-state index contributed by atoms with van der Waals surface area (Å²) in [4.78, 5) is 14.3. The molecule has 0 radical (unpaired) electrons. The van der Waals surface area contributed by atoms with Crippen LogP contribution in [0.15, 0.2) is 15.5 Å². The maximum atomic E-state index is 12.0. The molecule has 0 aliphatic rings. The quantitative estimate of drug-likeness (QED) is 0.793. The maximum Gasteiger partial charge on any atom is 0.283 e. The van der Waals surface area contributed by atoms with E-state index in [4.69, 9.17) is 0 Å². The molecule has 0 aliphatic carbocycles. The molecule has 0 aliphatic heterocycles. The number of likely N-dealkylation sites (N-methyl/N-ethyl adjacent to an activating group) is 1. The summed E-state index contributed by atoms with van der Waals surface area (Å²) in [5, 5.41) is 7.42. The first-order chi connectivity index (χ1) is 9.13. The predicted octanol–water partition coefficient (Wildman–Crippen LogP) is 2.17. The Morgan fingerprint density at radius 2 is 2.05 bits per heavy atom. The molecule has 6 heteroatoms. The second kappa shape index (κ2) is 8.32. The molecule has 1 heterocycles. The molecular formula is C13H23BrN4O. The molecule has 0 saturated carbocycles. The van der Waals surface area contributed by atoms with Gasteiger partial charge in [0.05, 0.1) is 11.9 Å². The smallest absolute Gasteiger partial charge is 0.283 e. The van der Waals surface area contributed by atoms with Crippen LogP contribution in [0.5, 0.6) is 0 Å². The van der Waals surface area contributed by atoms with E-state index in [1.54, 1.807) is 6.20 Å². The highest BCUT2D eigenvalue weighted by Gasteiger charge is 2.08. The molecule has 0 atom stereocenters. The van der Waals surface area contributed by atoms with E-state index in [-0.39, 0.29) is 5.56 Å². The molecule has 0 spiro atoms. The minimum atomic E-state index is -0.0744. The van der Waals surface area contributed by atoms with Gasteiger partial charge in [0, 0.05) is 19.6 Å². The lowest BCUT2D eigenvalue weighted by Gasteiger charge is -2.18. The van der Waals surface area contributed by atoms with Crippen LogP contribution in [-0.4, -0.2) is 40.9 Å². The number of hydrogen-bond donors (Lipinski definition) is 1. The number of aryl methyl sites for hydroxylation is 1. The molecule has 1 N–H and O–H groups in total. The zero-order chi connectivity index (χ0) is 14.3. The molecule has 0 bridgehead atoms. The zero-order valence-electron chi connectivity index (χ0n) is 11.9. The molecule has 0 aromatic carbocycles. The molecule has 108 valence electrons. The normalized spacial score (nSPS) is 11.0. The van der Waals surface area contributed by atoms with Crippen molar-refractivity contribution in [1.82, 2.24) is 14.7 Å². The summed E-state index contributed by atoms with van der Waals surface area (Å²) in [7, 11) is 0. The number of halogens is 1. The largest absolute Gasteiger partial charge is 0.381 e. The fourth-order valence-electron chi connectivity index (χ4n) is 1.85. The lowest BCUT2D eigenvalue weighted by molar-refractivity contribution is 0.316. The van der Waals surface area contributed by atoms with Gasteiger partial charge in [0.25, 0.3) is 5.56 Å². The van der Waals surface area contributed by atoms with Crippen LogP contribution < -0.4 is 10.9 Å². The highest BCUT2D eigenvalue weighted by Crippen LogP contribution is 2.15. The summed E-state index contributed by atoms with van der Waals surface area (Å²) in [6.07, 6.45) is 2.61. The molecule has 1 aromatic rings. The van der Waals surface area contributed by atoms with E-state index in [1.165, 1.54) is 4.68 Å². The lowest BCUT2D eigenvalue weighted by Crippen LogP contribution is -2.29. The van der Waals surface area contributed by atoms with Gasteiger partial charge in [-0.2, -0.15) is 5.10 Å². The Morgan fingerprint density at radius 1 is 1.37 bits per heavy atom. The van der Waals surface area contributed by atoms with Crippen molar-refractivity contribution in [1.29, 1.82) is 0 Å². The molecule has 19 heavy (non-hydrogen) atoms. The van der Waals surface area contributed by atoms with Crippen molar-refractivity contribution in [3.8, 4) is 0 Å². The second-order valence-electron chi connectivity index (χ2n) is 4.35. The molecule has 0 fully saturated rings. The Morgan fingerprint density at radius 3 is 2.63 bits per heavy atom. The fourth-order valence-corrected chi connectivity index (χ4v) is 2.30. The van der Waals surface area contributed by atoms with Crippen LogP contribution in [-0.2, 0) is 6.54 Å². The van der Waals surface area contributed by atoms with Crippen LogP contribution in [0.4, 0.5) is 5.69 Å². The van der Waals surface area contributed by atoms with Crippen LogP contribution >= 0.6 is 15.9 Å². The fraction of sp³-hybridized carbons (Fsp3) is 0.692. The van der Waals surface area contributed by atoms with Crippen LogP contribution in [0.3, 0.4) is 0 Å². The molecule has 1 rings (SSSR count). The van der Waals surface area contributed by atoms with E-state index in [2.05, 4.69) is 45.1 Å². The summed E-state index contributed by atoms with van der Waals surface area (Å²) < 4.78 is 2.05. The third kappa shape index (κ3) is 4.62. The topological polar surface area (TPSA) is 50.2 Å². The average molecular weight is 331 g/mol. The van der Waals surface area contributed by atoms with Crippen molar-refractivity contribution in [3.05, 3.63) is 21.0 Å². The van der Waals surface area contributed by atoms with Crippen molar-refractivity contribution in [2.24, 2.45) is 0 Å². The van der Waals surface area contributed by atoms with E-state index in [0.717, 1.165) is 38.3 Å². The maximum absolute atomic E-state index is 12.0. The van der Waals surface area contributed by atoms with Gasteiger partial charge in [-0.1, -0.05) is 20.8 Å². The van der Waals surface area contributed by atoms with E-state index in [1.807, 2.05) is 6.92 Å². The number of anilines is 1. The van der Waals surface area contributed by atoms with Crippen molar-refractivity contribution in [3.63, 3.8) is 0 Å². The van der Waals surface area contributed by atoms with Gasteiger partial charge >= 0.3 is 0 Å². The Hall–Kier alpha value is -0.880. The number of nitrogens with one attached hydrogen (secondary N) is 1. The molecule has 5 nitrogen and oxygen atoms in total. The Labute approximate surface area is 123 Å². The standard InChI is InChI=1S/C13H23BrN4O/c1-4-8-18-13(19)12(14)11(10-16-18)15-7-9-17(5-2)6-3/h10,15H,4-9H2,1-3H3. The number of nitrogens with zero attached hydrogens (tertiary/aromatic N) is 3. The highest BCUT2D eigenvalue weighted by molar-refractivity contribution is 9.10. The Balaban J connectivity index is 2.65. The molecule has 0 saturated heterocycles. The minimum Gasteiger partial charge on any atom is -0.381 e. The first-order valence-electron chi connectivity index (χ1n) is 6.85. The van der Waals surface area contributed by atoms with Crippen molar-refractivity contribution in [2.45, 2.75) is 33.7 Å². The molecular weight excluding hydrogens is 308 g/mol. The van der Waals surface area contributed by atoms with Gasteiger partial charge in [-0.3, -0.25) is 4.79 Å². The van der Waals surface area contributed by atoms with Gasteiger partial charge in [0.15, 0.2) is 0 Å². The SMILES string of the molecule is CCCn1ncc(NCCN(CC)CC)c(Br)c1=O. The highest BCUT2D eigenvalue weighted by atomic mass is 79.9. The van der Waals surface area contributed by atoms with Crippen molar-refractivity contribution >= 4 is 21.6 Å². The van der Waals surface area contributed by atoms with E-state index in [9.17, 15) is 4.79 Å². The summed E-state index contributed by atoms with van der Waals surface area (Å²) in [6, 6.07) is 0. The average Bonchev–Trinajstić information content (AvgIpc) is 2.42. The van der Waals surface area contributed by atoms with Gasteiger partial charge in [-0.25, -0.2) is 4.68 Å². The summed E-state index contributed by atoms with van der Waals surface area (Å²) in [6.45, 7) is 10.8. The summed E-state index contributed by atoms with van der Waals surface area (Å²) in [5.41, 5.74) is 0.694. The van der Waals surface area contributed by atoms with Crippen LogP contribution in [0.2, 0.25) is 0 Å². The van der Waals surface area contributed by atoms with Crippen molar-refractivity contribution < 1.29 is 0 Å². The first-order valence-corrected chi connectivity index (χ1v) is 7.65. The monoisotopic (exact) mass is 330 g/mol. The van der Waals surface area contributed by atoms with E-state index < -0.39 is 0 Å². The molecule has 1 aromatic heterocycles. The Bertz CT molecular complexity index is 443. The van der Waals surface area contributed by atoms with Gasteiger partial charge < -0.3 is 10.2 Å². The van der Waals surface area contributed by atoms with Crippen LogP contribution in [0.25, 0.3) is 0 Å². The number of hydrogen-bond acceptors (Lipinski definition) is 4. The molecule has 0 amide bonds. The summed E-state index contributed by atoms with van der Waals surface area (Å²) in [5.74, 6) is 0. The molecule has 0 unspecified atom stereocenters. The van der Waals surface area contributed by atoms with Crippen LogP contribution in [0.1, 0.15) is 27.2 Å². The Kier molecular flexibility index (Phi) is 7.09. The second-order valence-corrected chi connectivity index (χ2v) is 5.15.